The maximum Gasteiger partial charge on any atom is 0.191 e. The largest absolute Gasteiger partial charge is 0.383 e. The number of nitrogens with two attached hydrogens (primary N) is 1. The van der Waals surface area contributed by atoms with Crippen molar-refractivity contribution in [2.75, 3.05) is 32.6 Å². The highest BCUT2D eigenvalue weighted by atomic mass is 32.2. The first-order valence-corrected chi connectivity index (χ1v) is 6.44. The Labute approximate surface area is 95.2 Å². The Morgan fingerprint density at radius 2 is 2.53 bits per heavy atom. The third-order valence-electron chi connectivity index (χ3n) is 3.51. The van der Waals surface area contributed by atoms with E-state index < -0.39 is 0 Å². The van der Waals surface area contributed by atoms with E-state index in [4.69, 9.17) is 10.5 Å². The highest BCUT2D eigenvalue weighted by Crippen LogP contribution is 2.42. The molecule has 0 amide bonds. The third kappa shape index (κ3) is 1.72. The van der Waals surface area contributed by atoms with Crippen molar-refractivity contribution in [2.24, 2.45) is 10.7 Å². The Balaban J connectivity index is 2.12. The molecular formula is C10H19N3OS. The lowest BCUT2D eigenvalue weighted by Gasteiger charge is -2.38. The van der Waals surface area contributed by atoms with Crippen molar-refractivity contribution in [2.45, 2.75) is 24.1 Å². The van der Waals surface area contributed by atoms with Crippen LogP contribution in [0.2, 0.25) is 0 Å². The Hall–Kier alpha value is -0.420. The smallest absolute Gasteiger partial charge is 0.191 e. The van der Waals surface area contributed by atoms with Crippen LogP contribution in [0, 0.1) is 0 Å². The molecule has 2 atom stereocenters. The molecule has 86 valence electrons. The number of guanidine groups is 1. The zero-order valence-corrected chi connectivity index (χ0v) is 10.2. The van der Waals surface area contributed by atoms with Crippen molar-refractivity contribution >= 4 is 17.7 Å². The molecule has 0 aliphatic carbocycles. The summed E-state index contributed by atoms with van der Waals surface area (Å²) in [5, 5.41) is 0.610. The lowest BCUT2D eigenvalue weighted by Crippen LogP contribution is -2.55. The fourth-order valence-electron chi connectivity index (χ4n) is 2.47. The molecule has 0 aromatic rings. The molecule has 15 heavy (non-hydrogen) atoms. The minimum absolute atomic E-state index is 0.174. The molecule has 2 rings (SSSR count). The topological polar surface area (TPSA) is 50.9 Å². The number of methoxy groups -OCH3 is 1. The summed E-state index contributed by atoms with van der Waals surface area (Å²) in [6.07, 6.45) is 1.19. The quantitative estimate of drug-likeness (QED) is 0.767. The molecule has 5 heteroatoms. The van der Waals surface area contributed by atoms with Crippen molar-refractivity contribution in [1.29, 1.82) is 0 Å². The van der Waals surface area contributed by atoms with E-state index in [0.717, 1.165) is 19.7 Å². The summed E-state index contributed by atoms with van der Waals surface area (Å²) >= 11 is 2.02. The van der Waals surface area contributed by atoms with Gasteiger partial charge >= 0.3 is 0 Å². The highest BCUT2D eigenvalue weighted by molar-refractivity contribution is 8.00. The van der Waals surface area contributed by atoms with Gasteiger partial charge in [0, 0.05) is 18.9 Å². The molecule has 0 radical (unpaired) electrons. The molecule has 0 bridgehead atoms. The third-order valence-corrected chi connectivity index (χ3v) is 4.89. The molecule has 4 nitrogen and oxygen atoms in total. The van der Waals surface area contributed by atoms with Crippen molar-refractivity contribution in [3.05, 3.63) is 0 Å². The van der Waals surface area contributed by atoms with E-state index in [2.05, 4.69) is 16.8 Å². The maximum atomic E-state index is 5.95. The predicted molar refractivity (Wildman–Crippen MR) is 64.3 cm³/mol. The van der Waals surface area contributed by atoms with E-state index in [1.165, 1.54) is 12.2 Å². The fourth-order valence-corrected chi connectivity index (χ4v) is 3.92. The fraction of sp³-hybridized carbons (Fsp3) is 0.900. The Morgan fingerprint density at radius 3 is 3.13 bits per heavy atom. The Bertz CT molecular complexity index is 271. The number of thioether (sulfide) groups is 1. The molecule has 0 saturated carbocycles. The second-order valence-electron chi connectivity index (χ2n) is 4.19. The van der Waals surface area contributed by atoms with Crippen LogP contribution < -0.4 is 5.73 Å². The van der Waals surface area contributed by atoms with Gasteiger partial charge in [0.2, 0.25) is 0 Å². The second-order valence-corrected chi connectivity index (χ2v) is 5.63. The predicted octanol–water partition coefficient (Wildman–Crippen LogP) is 0.527. The standard InChI is InChI=1S/C10H19N3OS/c1-8-10(3-6-15-8)7-12-9(11)13(10)4-5-14-2/h8H,3-7H2,1-2H3,(H2,11,12). The number of hydrogen-bond acceptors (Lipinski definition) is 5. The van der Waals surface area contributed by atoms with Crippen LogP contribution in [-0.2, 0) is 4.74 Å². The molecule has 2 heterocycles. The highest BCUT2D eigenvalue weighted by Gasteiger charge is 2.49. The summed E-state index contributed by atoms with van der Waals surface area (Å²) in [4.78, 5) is 6.66. The number of aliphatic imine (C=N–C) groups is 1. The van der Waals surface area contributed by atoms with E-state index in [1.807, 2.05) is 11.8 Å². The first kappa shape index (κ1) is 11.1. The molecule has 2 unspecified atom stereocenters. The van der Waals surface area contributed by atoms with Gasteiger partial charge in [-0.2, -0.15) is 11.8 Å². The molecule has 1 fully saturated rings. The molecule has 0 aromatic heterocycles. The zero-order valence-electron chi connectivity index (χ0n) is 9.40. The van der Waals surface area contributed by atoms with Crippen LogP contribution in [0.5, 0.6) is 0 Å². The van der Waals surface area contributed by atoms with Gasteiger partial charge < -0.3 is 15.4 Å². The van der Waals surface area contributed by atoms with Gasteiger partial charge in [0.25, 0.3) is 0 Å². The number of hydrogen-bond donors (Lipinski definition) is 1. The number of rotatable bonds is 3. The normalized spacial score (nSPS) is 35.2. The first-order valence-electron chi connectivity index (χ1n) is 5.39. The number of ether oxygens (including phenoxy) is 1. The average molecular weight is 229 g/mol. The van der Waals surface area contributed by atoms with E-state index in [-0.39, 0.29) is 5.54 Å². The van der Waals surface area contributed by atoms with Crippen LogP contribution in [0.25, 0.3) is 0 Å². The van der Waals surface area contributed by atoms with Crippen LogP contribution in [0.15, 0.2) is 4.99 Å². The van der Waals surface area contributed by atoms with Gasteiger partial charge in [-0.15, -0.1) is 0 Å². The van der Waals surface area contributed by atoms with Gasteiger partial charge in [-0.1, -0.05) is 6.92 Å². The van der Waals surface area contributed by atoms with Gasteiger partial charge in [-0.25, -0.2) is 0 Å². The molecule has 0 aromatic carbocycles. The average Bonchev–Trinajstić information content (AvgIpc) is 2.73. The van der Waals surface area contributed by atoms with E-state index in [1.54, 1.807) is 7.11 Å². The molecule has 2 aliphatic rings. The zero-order chi connectivity index (χ0) is 10.9. The minimum atomic E-state index is 0.174. The van der Waals surface area contributed by atoms with Gasteiger partial charge in [-0.3, -0.25) is 4.99 Å². The van der Waals surface area contributed by atoms with Crippen LogP contribution in [0.3, 0.4) is 0 Å². The van der Waals surface area contributed by atoms with E-state index >= 15 is 0 Å². The van der Waals surface area contributed by atoms with Gasteiger partial charge in [-0.05, 0) is 12.2 Å². The monoisotopic (exact) mass is 229 g/mol. The van der Waals surface area contributed by atoms with Crippen LogP contribution in [-0.4, -0.2) is 54.2 Å². The lowest BCUT2D eigenvalue weighted by atomic mass is 9.92. The summed E-state index contributed by atoms with van der Waals surface area (Å²) in [7, 11) is 1.73. The molecular weight excluding hydrogens is 210 g/mol. The molecule has 2 aliphatic heterocycles. The second kappa shape index (κ2) is 4.22. The van der Waals surface area contributed by atoms with Crippen molar-refractivity contribution in [3.8, 4) is 0 Å². The molecule has 2 N–H and O–H groups in total. The molecule has 1 spiro atoms. The van der Waals surface area contributed by atoms with Crippen LogP contribution >= 0.6 is 11.8 Å². The van der Waals surface area contributed by atoms with Gasteiger partial charge in [0.15, 0.2) is 5.96 Å². The SMILES string of the molecule is COCCN1C(N)=NCC12CCSC2C. The Kier molecular flexibility index (Phi) is 3.11. The summed E-state index contributed by atoms with van der Waals surface area (Å²) < 4.78 is 5.13. The van der Waals surface area contributed by atoms with E-state index in [9.17, 15) is 0 Å². The van der Waals surface area contributed by atoms with E-state index in [0.29, 0.717) is 11.2 Å². The van der Waals surface area contributed by atoms with Crippen molar-refractivity contribution < 1.29 is 4.74 Å². The summed E-state index contributed by atoms with van der Waals surface area (Å²) in [5.41, 5.74) is 6.12. The summed E-state index contributed by atoms with van der Waals surface area (Å²) in [6, 6.07) is 0. The van der Waals surface area contributed by atoms with Crippen molar-refractivity contribution in [3.63, 3.8) is 0 Å². The summed E-state index contributed by atoms with van der Waals surface area (Å²) in [6.45, 7) is 4.72. The van der Waals surface area contributed by atoms with Gasteiger partial charge in [0.1, 0.15) is 0 Å². The summed E-state index contributed by atoms with van der Waals surface area (Å²) in [5.74, 6) is 1.91. The number of nitrogens with zero attached hydrogens (tertiary/aromatic N) is 2. The van der Waals surface area contributed by atoms with Gasteiger partial charge in [0.05, 0.1) is 18.7 Å². The van der Waals surface area contributed by atoms with Crippen LogP contribution in [0.1, 0.15) is 13.3 Å². The van der Waals surface area contributed by atoms with Crippen molar-refractivity contribution in [1.82, 2.24) is 4.90 Å². The maximum absolute atomic E-state index is 5.95. The molecule has 1 saturated heterocycles. The Morgan fingerprint density at radius 1 is 1.73 bits per heavy atom. The van der Waals surface area contributed by atoms with Crippen LogP contribution in [0.4, 0.5) is 0 Å². The lowest BCUT2D eigenvalue weighted by molar-refractivity contribution is 0.130. The first-order chi connectivity index (χ1) is 7.20. The minimum Gasteiger partial charge on any atom is -0.383 e.